The Morgan fingerprint density at radius 1 is 1.14 bits per heavy atom. The maximum Gasteiger partial charge on any atom is 0.226 e. The first kappa shape index (κ1) is 18.6. The van der Waals surface area contributed by atoms with E-state index in [1.807, 2.05) is 37.3 Å². The summed E-state index contributed by atoms with van der Waals surface area (Å²) >= 11 is 0. The number of nitrogens with zero attached hydrogens (tertiary/aromatic N) is 3. The van der Waals surface area contributed by atoms with Crippen LogP contribution in [0.1, 0.15) is 24.1 Å². The molecule has 146 valence electrons. The predicted molar refractivity (Wildman–Crippen MR) is 109 cm³/mol. The zero-order chi connectivity index (χ0) is 19.5. The molecule has 0 bridgehead atoms. The molecule has 5 nitrogen and oxygen atoms in total. The molecule has 2 heterocycles. The number of nitrogens with one attached hydrogen (secondary N) is 1. The lowest BCUT2D eigenvalue weighted by Gasteiger charge is -2.32. The van der Waals surface area contributed by atoms with Gasteiger partial charge in [-0.3, -0.25) is 0 Å². The zero-order valence-electron chi connectivity index (χ0n) is 16.3. The Balaban J connectivity index is 1.40. The van der Waals surface area contributed by atoms with Crippen molar-refractivity contribution < 1.29 is 9.13 Å². The minimum atomic E-state index is -0.149. The summed E-state index contributed by atoms with van der Waals surface area (Å²) in [7, 11) is 1.66. The third-order valence-electron chi connectivity index (χ3n) is 5.40. The van der Waals surface area contributed by atoms with E-state index in [-0.39, 0.29) is 5.82 Å². The molecule has 3 aromatic rings. The molecule has 1 saturated heterocycles. The molecule has 1 aliphatic heterocycles. The number of aromatic nitrogens is 2. The Morgan fingerprint density at radius 3 is 2.68 bits per heavy atom. The van der Waals surface area contributed by atoms with Crippen molar-refractivity contribution in [3.05, 3.63) is 59.5 Å². The summed E-state index contributed by atoms with van der Waals surface area (Å²) in [4.78, 5) is 11.7. The summed E-state index contributed by atoms with van der Waals surface area (Å²) in [6.07, 6.45) is 1.97. The van der Waals surface area contributed by atoms with E-state index in [2.05, 4.69) is 10.2 Å². The highest BCUT2D eigenvalue weighted by Gasteiger charge is 2.21. The highest BCUT2D eigenvalue weighted by atomic mass is 19.1. The van der Waals surface area contributed by atoms with Crippen LogP contribution in [0, 0.1) is 12.7 Å². The number of halogens is 1. The second-order valence-electron chi connectivity index (χ2n) is 7.23. The lowest BCUT2D eigenvalue weighted by molar-refractivity contribution is 0.407. The van der Waals surface area contributed by atoms with Crippen LogP contribution in [0.15, 0.2) is 42.5 Å². The van der Waals surface area contributed by atoms with Crippen molar-refractivity contribution in [3.8, 4) is 5.75 Å². The molecule has 1 aliphatic rings. The van der Waals surface area contributed by atoms with E-state index >= 15 is 0 Å². The molecule has 0 saturated carbocycles. The first-order chi connectivity index (χ1) is 13.6. The van der Waals surface area contributed by atoms with E-state index in [4.69, 9.17) is 14.7 Å². The van der Waals surface area contributed by atoms with Crippen molar-refractivity contribution in [2.24, 2.45) is 0 Å². The second kappa shape index (κ2) is 8.10. The van der Waals surface area contributed by atoms with E-state index in [1.54, 1.807) is 13.2 Å². The number of aryl methyl sites for hydroxylation is 1. The zero-order valence-corrected chi connectivity index (χ0v) is 16.3. The molecule has 0 atom stereocenters. The Hall–Kier alpha value is -2.73. The van der Waals surface area contributed by atoms with Crippen molar-refractivity contribution in [1.82, 2.24) is 15.3 Å². The third-order valence-corrected chi connectivity index (χ3v) is 5.40. The van der Waals surface area contributed by atoms with Gasteiger partial charge in [-0.25, -0.2) is 14.4 Å². The Morgan fingerprint density at radius 2 is 1.93 bits per heavy atom. The molecule has 1 aromatic heterocycles. The average molecular weight is 380 g/mol. The summed E-state index contributed by atoms with van der Waals surface area (Å²) < 4.78 is 19.1. The van der Waals surface area contributed by atoms with Gasteiger partial charge in [0.2, 0.25) is 5.95 Å². The van der Waals surface area contributed by atoms with Crippen molar-refractivity contribution in [3.63, 3.8) is 0 Å². The normalized spacial score (nSPS) is 15.2. The molecule has 1 N–H and O–H groups in total. The predicted octanol–water partition coefficient (Wildman–Crippen LogP) is 3.84. The largest absolute Gasteiger partial charge is 0.497 e. The van der Waals surface area contributed by atoms with Gasteiger partial charge in [-0.2, -0.15) is 0 Å². The minimum Gasteiger partial charge on any atom is -0.497 e. The number of anilines is 1. The molecule has 0 amide bonds. The first-order valence-corrected chi connectivity index (χ1v) is 9.68. The van der Waals surface area contributed by atoms with Crippen LogP contribution in [0.3, 0.4) is 0 Å². The number of ether oxygens (including phenoxy) is 1. The van der Waals surface area contributed by atoms with E-state index < -0.39 is 0 Å². The van der Waals surface area contributed by atoms with Crippen molar-refractivity contribution >= 4 is 16.9 Å². The third kappa shape index (κ3) is 3.92. The molecule has 1 fully saturated rings. The second-order valence-corrected chi connectivity index (χ2v) is 7.23. The van der Waals surface area contributed by atoms with Crippen LogP contribution in [0.4, 0.5) is 10.3 Å². The number of methoxy groups -OCH3 is 1. The smallest absolute Gasteiger partial charge is 0.226 e. The van der Waals surface area contributed by atoms with Crippen molar-refractivity contribution in [2.45, 2.75) is 32.4 Å². The van der Waals surface area contributed by atoms with Crippen LogP contribution in [-0.4, -0.2) is 36.2 Å². The van der Waals surface area contributed by atoms with Gasteiger partial charge < -0.3 is 15.0 Å². The fourth-order valence-electron chi connectivity index (χ4n) is 3.69. The van der Waals surface area contributed by atoms with Gasteiger partial charge in [0.1, 0.15) is 11.6 Å². The Kier molecular flexibility index (Phi) is 5.39. The van der Waals surface area contributed by atoms with E-state index in [9.17, 15) is 4.39 Å². The maximum atomic E-state index is 13.8. The maximum absolute atomic E-state index is 13.8. The summed E-state index contributed by atoms with van der Waals surface area (Å²) in [5.41, 5.74) is 2.61. The summed E-state index contributed by atoms with van der Waals surface area (Å²) in [6, 6.07) is 13.2. The summed E-state index contributed by atoms with van der Waals surface area (Å²) in [5, 5.41) is 4.50. The SMILES string of the molecule is COc1ccc2nc(N3CCC(NCc4ccccc4F)CC3)nc(C)c2c1. The fraction of sp³-hybridized carbons (Fsp3) is 0.364. The van der Waals surface area contributed by atoms with Gasteiger partial charge in [-0.05, 0) is 44.0 Å². The van der Waals surface area contributed by atoms with Gasteiger partial charge in [-0.1, -0.05) is 18.2 Å². The molecule has 6 heteroatoms. The van der Waals surface area contributed by atoms with Crippen LogP contribution >= 0.6 is 0 Å². The van der Waals surface area contributed by atoms with Crippen LogP contribution in [0.2, 0.25) is 0 Å². The Bertz CT molecular complexity index is 970. The molecule has 0 unspecified atom stereocenters. The highest BCUT2D eigenvalue weighted by Crippen LogP contribution is 2.25. The number of fused-ring (bicyclic) bond motifs is 1. The molecule has 4 rings (SSSR count). The van der Waals surface area contributed by atoms with Gasteiger partial charge in [0.05, 0.1) is 18.3 Å². The average Bonchev–Trinajstić information content (AvgIpc) is 2.73. The monoisotopic (exact) mass is 380 g/mol. The van der Waals surface area contributed by atoms with Crippen LogP contribution in [0.25, 0.3) is 10.9 Å². The standard InChI is InChI=1S/C22H25FN4O/c1-15-19-13-18(28-2)7-8-21(19)26-22(25-15)27-11-9-17(10-12-27)24-14-16-5-3-4-6-20(16)23/h3-8,13,17,24H,9-12,14H2,1-2H3. The van der Waals surface area contributed by atoms with Crippen LogP contribution in [-0.2, 0) is 6.54 Å². The molecule has 28 heavy (non-hydrogen) atoms. The van der Waals surface area contributed by atoms with E-state index in [0.29, 0.717) is 18.2 Å². The van der Waals surface area contributed by atoms with Gasteiger partial charge in [0, 0.05) is 36.6 Å². The number of piperidine rings is 1. The van der Waals surface area contributed by atoms with E-state index in [1.165, 1.54) is 6.07 Å². The molecular formula is C22H25FN4O. The van der Waals surface area contributed by atoms with Crippen molar-refractivity contribution in [2.75, 3.05) is 25.1 Å². The van der Waals surface area contributed by atoms with Gasteiger partial charge in [-0.15, -0.1) is 0 Å². The minimum absolute atomic E-state index is 0.149. The van der Waals surface area contributed by atoms with Gasteiger partial charge in [0.15, 0.2) is 0 Å². The first-order valence-electron chi connectivity index (χ1n) is 9.68. The van der Waals surface area contributed by atoms with Crippen molar-refractivity contribution in [1.29, 1.82) is 0 Å². The quantitative estimate of drug-likeness (QED) is 0.729. The van der Waals surface area contributed by atoms with Gasteiger partial charge >= 0.3 is 0 Å². The number of hydrogen-bond donors (Lipinski definition) is 1. The molecule has 0 radical (unpaired) electrons. The summed E-state index contributed by atoms with van der Waals surface area (Å²) in [5.74, 6) is 1.44. The van der Waals surface area contributed by atoms with E-state index in [0.717, 1.165) is 54.2 Å². The van der Waals surface area contributed by atoms with Crippen LogP contribution in [0.5, 0.6) is 5.75 Å². The van der Waals surface area contributed by atoms with Gasteiger partial charge in [0.25, 0.3) is 0 Å². The Labute approximate surface area is 164 Å². The number of benzene rings is 2. The lowest BCUT2D eigenvalue weighted by Crippen LogP contribution is -2.43. The molecular weight excluding hydrogens is 355 g/mol. The summed E-state index contributed by atoms with van der Waals surface area (Å²) in [6.45, 7) is 4.34. The molecule has 0 spiro atoms. The lowest BCUT2D eigenvalue weighted by atomic mass is 10.0. The number of hydrogen-bond acceptors (Lipinski definition) is 5. The number of rotatable bonds is 5. The molecule has 2 aromatic carbocycles. The molecule has 0 aliphatic carbocycles. The highest BCUT2D eigenvalue weighted by molar-refractivity contribution is 5.83. The van der Waals surface area contributed by atoms with Crippen LogP contribution < -0.4 is 15.0 Å². The fourth-order valence-corrected chi connectivity index (χ4v) is 3.69. The topological polar surface area (TPSA) is 50.3 Å².